The number of nitrogens with one attached hydrogen (secondary N) is 1. The zero-order valence-electron chi connectivity index (χ0n) is 15.5. The van der Waals surface area contributed by atoms with E-state index in [0.717, 1.165) is 48.9 Å². The normalized spacial score (nSPS) is 29.4. The van der Waals surface area contributed by atoms with Gasteiger partial charge in [-0.25, -0.2) is 0 Å². The average molecular weight is 354 g/mol. The summed E-state index contributed by atoms with van der Waals surface area (Å²) < 4.78 is 0. The van der Waals surface area contributed by atoms with E-state index in [2.05, 4.69) is 19.2 Å². The largest absolute Gasteiger partial charge is 0.324 e. The quantitative estimate of drug-likeness (QED) is 0.827. The lowest BCUT2D eigenvalue weighted by atomic mass is 9.81. The van der Waals surface area contributed by atoms with Gasteiger partial charge in [0.15, 0.2) is 0 Å². The number of carbonyl (C=O) groups is 3. The van der Waals surface area contributed by atoms with Crippen LogP contribution in [0.4, 0.5) is 5.69 Å². The Kier molecular flexibility index (Phi) is 4.33. The lowest BCUT2D eigenvalue weighted by molar-refractivity contribution is -0.143. The maximum absolute atomic E-state index is 12.7. The Labute approximate surface area is 154 Å². The number of hydrogen-bond acceptors (Lipinski definition) is 3. The van der Waals surface area contributed by atoms with Crippen LogP contribution >= 0.6 is 0 Å². The van der Waals surface area contributed by atoms with E-state index in [0.29, 0.717) is 11.8 Å². The van der Waals surface area contributed by atoms with Gasteiger partial charge in [0.05, 0.1) is 11.8 Å². The Hall–Kier alpha value is -2.17. The first kappa shape index (κ1) is 17.3. The second-order valence-electron chi connectivity index (χ2n) is 7.85. The van der Waals surface area contributed by atoms with Crippen LogP contribution in [0.15, 0.2) is 18.2 Å². The Bertz CT molecular complexity index is 722. The Morgan fingerprint density at radius 2 is 1.58 bits per heavy atom. The first-order chi connectivity index (χ1) is 12.5. The van der Waals surface area contributed by atoms with Gasteiger partial charge >= 0.3 is 0 Å². The zero-order valence-corrected chi connectivity index (χ0v) is 15.5. The molecular formula is C21H26N2O3. The van der Waals surface area contributed by atoms with Crippen LogP contribution in [-0.2, 0) is 27.2 Å². The van der Waals surface area contributed by atoms with Crippen molar-refractivity contribution in [3.05, 3.63) is 29.3 Å². The number of nitrogens with zero attached hydrogens (tertiary/aromatic N) is 1. The predicted octanol–water partition coefficient (Wildman–Crippen LogP) is 2.78. The number of aryl methyl sites for hydroxylation is 2. The first-order valence-electron chi connectivity index (χ1n) is 9.81. The van der Waals surface area contributed by atoms with Crippen molar-refractivity contribution in [2.24, 2.45) is 23.7 Å². The van der Waals surface area contributed by atoms with E-state index in [1.165, 1.54) is 4.90 Å². The molecule has 3 amide bonds. The molecule has 5 nitrogen and oxygen atoms in total. The number of benzene rings is 1. The lowest BCUT2D eigenvalue weighted by Crippen LogP contribution is -2.39. The molecule has 1 heterocycles. The fraction of sp³-hybridized carbons (Fsp3) is 0.571. The SMILES string of the molecule is CCc1cccc(CC)c1NC(=O)CN1C(=O)[C@@H]2[C@H]3CC[C@@H](C3)[C@@H]2C1=O. The van der Waals surface area contributed by atoms with Gasteiger partial charge in [-0.15, -0.1) is 0 Å². The van der Waals surface area contributed by atoms with Crippen molar-refractivity contribution in [2.75, 3.05) is 11.9 Å². The van der Waals surface area contributed by atoms with Crippen LogP contribution in [0.2, 0.25) is 0 Å². The second-order valence-corrected chi connectivity index (χ2v) is 7.85. The van der Waals surface area contributed by atoms with Gasteiger partial charge in [0.2, 0.25) is 17.7 Å². The van der Waals surface area contributed by atoms with Gasteiger partial charge in [-0.1, -0.05) is 32.0 Å². The van der Waals surface area contributed by atoms with Gasteiger partial charge in [-0.2, -0.15) is 0 Å². The fourth-order valence-corrected chi connectivity index (χ4v) is 5.35. The molecule has 138 valence electrons. The van der Waals surface area contributed by atoms with Gasteiger partial charge in [0.25, 0.3) is 0 Å². The number of carbonyl (C=O) groups excluding carboxylic acids is 3. The third-order valence-corrected chi connectivity index (χ3v) is 6.58. The highest BCUT2D eigenvalue weighted by Crippen LogP contribution is 2.56. The van der Waals surface area contributed by atoms with E-state index in [4.69, 9.17) is 0 Å². The van der Waals surface area contributed by atoms with Crippen molar-refractivity contribution in [2.45, 2.75) is 46.0 Å². The number of para-hydroxylation sites is 1. The molecule has 5 heteroatoms. The van der Waals surface area contributed by atoms with Gasteiger partial charge in [-0.05, 0) is 55.1 Å². The van der Waals surface area contributed by atoms with Crippen molar-refractivity contribution in [1.29, 1.82) is 0 Å². The summed E-state index contributed by atoms with van der Waals surface area (Å²) in [6.45, 7) is 3.94. The maximum Gasteiger partial charge on any atom is 0.244 e. The molecule has 3 fully saturated rings. The Balaban J connectivity index is 1.50. The molecule has 1 N–H and O–H groups in total. The molecule has 3 aliphatic rings. The molecule has 1 aromatic carbocycles. The van der Waals surface area contributed by atoms with Crippen LogP contribution in [0.25, 0.3) is 0 Å². The number of likely N-dealkylation sites (tertiary alicyclic amines) is 1. The standard InChI is InChI=1S/C21H26N2O3/c1-3-12-6-5-7-13(4-2)19(12)22-16(24)11-23-20(25)17-14-8-9-15(10-14)18(17)21(23)26/h5-7,14-15,17-18H,3-4,8-11H2,1-2H3,(H,22,24)/t14-,15-,17-,18+/m0/s1. The highest BCUT2D eigenvalue weighted by atomic mass is 16.2. The number of anilines is 1. The molecule has 0 spiro atoms. The smallest absolute Gasteiger partial charge is 0.244 e. The minimum Gasteiger partial charge on any atom is -0.324 e. The van der Waals surface area contributed by atoms with E-state index < -0.39 is 0 Å². The molecule has 2 saturated carbocycles. The van der Waals surface area contributed by atoms with Crippen LogP contribution in [0.5, 0.6) is 0 Å². The minimum atomic E-state index is -0.283. The molecule has 1 saturated heterocycles. The van der Waals surface area contributed by atoms with E-state index >= 15 is 0 Å². The predicted molar refractivity (Wildman–Crippen MR) is 98.4 cm³/mol. The molecule has 4 atom stereocenters. The minimum absolute atomic E-state index is 0.123. The molecule has 0 aromatic heterocycles. The summed E-state index contributed by atoms with van der Waals surface area (Å²) in [5.41, 5.74) is 2.99. The summed E-state index contributed by atoms with van der Waals surface area (Å²) in [4.78, 5) is 39.3. The van der Waals surface area contributed by atoms with Crippen molar-refractivity contribution >= 4 is 23.4 Å². The second kappa shape index (κ2) is 6.53. The molecule has 2 bridgehead atoms. The van der Waals surface area contributed by atoms with E-state index in [1.54, 1.807) is 0 Å². The number of imide groups is 1. The van der Waals surface area contributed by atoms with E-state index in [1.807, 2.05) is 18.2 Å². The van der Waals surface area contributed by atoms with Crippen molar-refractivity contribution in [1.82, 2.24) is 4.90 Å². The first-order valence-corrected chi connectivity index (χ1v) is 9.81. The van der Waals surface area contributed by atoms with Crippen LogP contribution in [0, 0.1) is 23.7 Å². The fourth-order valence-electron chi connectivity index (χ4n) is 5.35. The summed E-state index contributed by atoms with van der Waals surface area (Å²) in [5.74, 6) is -0.159. The molecule has 1 aromatic rings. The number of fused-ring (bicyclic) bond motifs is 5. The summed E-state index contributed by atoms with van der Waals surface area (Å²) >= 11 is 0. The Morgan fingerprint density at radius 3 is 2.08 bits per heavy atom. The van der Waals surface area contributed by atoms with Gasteiger partial charge in [-0.3, -0.25) is 19.3 Å². The molecular weight excluding hydrogens is 328 g/mol. The van der Waals surface area contributed by atoms with Gasteiger partial charge in [0, 0.05) is 5.69 Å². The van der Waals surface area contributed by atoms with Crippen molar-refractivity contribution in [3.8, 4) is 0 Å². The van der Waals surface area contributed by atoms with E-state index in [-0.39, 0.29) is 36.1 Å². The number of amides is 3. The van der Waals surface area contributed by atoms with E-state index in [9.17, 15) is 14.4 Å². The third-order valence-electron chi connectivity index (χ3n) is 6.58. The molecule has 26 heavy (non-hydrogen) atoms. The Morgan fingerprint density at radius 1 is 1.04 bits per heavy atom. The summed E-state index contributed by atoms with van der Waals surface area (Å²) in [6.07, 6.45) is 4.75. The van der Waals surface area contributed by atoms with Crippen LogP contribution < -0.4 is 5.32 Å². The van der Waals surface area contributed by atoms with Crippen molar-refractivity contribution < 1.29 is 14.4 Å². The average Bonchev–Trinajstić information content (AvgIpc) is 3.32. The topological polar surface area (TPSA) is 66.5 Å². The highest BCUT2D eigenvalue weighted by Gasteiger charge is 2.60. The van der Waals surface area contributed by atoms with Crippen LogP contribution in [0.1, 0.15) is 44.2 Å². The highest BCUT2D eigenvalue weighted by molar-refractivity contribution is 6.09. The summed E-state index contributed by atoms with van der Waals surface area (Å²) in [6, 6.07) is 6.00. The molecule has 2 aliphatic carbocycles. The number of hydrogen-bond donors (Lipinski definition) is 1. The molecule has 4 rings (SSSR count). The van der Waals surface area contributed by atoms with Gasteiger partial charge in [0.1, 0.15) is 6.54 Å². The monoisotopic (exact) mass is 354 g/mol. The summed E-state index contributed by atoms with van der Waals surface area (Å²) in [7, 11) is 0. The zero-order chi connectivity index (χ0) is 18.4. The number of rotatable bonds is 5. The van der Waals surface area contributed by atoms with Crippen molar-refractivity contribution in [3.63, 3.8) is 0 Å². The maximum atomic E-state index is 12.7. The van der Waals surface area contributed by atoms with Gasteiger partial charge < -0.3 is 5.32 Å². The molecule has 1 aliphatic heterocycles. The van der Waals surface area contributed by atoms with Crippen LogP contribution in [-0.4, -0.2) is 29.2 Å². The lowest BCUT2D eigenvalue weighted by Gasteiger charge is -2.19. The third kappa shape index (κ3) is 2.56. The summed E-state index contributed by atoms with van der Waals surface area (Å²) in [5, 5.41) is 2.97. The van der Waals surface area contributed by atoms with Crippen LogP contribution in [0.3, 0.4) is 0 Å². The molecule has 0 radical (unpaired) electrons. The molecule has 0 unspecified atom stereocenters.